The van der Waals surface area contributed by atoms with Crippen LogP contribution in [-0.4, -0.2) is 62.8 Å². The molecule has 1 amide bonds. The van der Waals surface area contributed by atoms with Gasteiger partial charge in [-0.3, -0.25) is 4.79 Å². The number of nitrogens with one attached hydrogen (secondary N) is 1. The van der Waals surface area contributed by atoms with Crippen molar-refractivity contribution < 1.29 is 4.79 Å². The van der Waals surface area contributed by atoms with Crippen molar-refractivity contribution in [3.63, 3.8) is 0 Å². The molecule has 0 bridgehead atoms. The Kier molecular flexibility index (Phi) is 6.65. The van der Waals surface area contributed by atoms with Crippen LogP contribution in [0, 0.1) is 6.92 Å². The summed E-state index contributed by atoms with van der Waals surface area (Å²) in [6, 6.07) is 3.60. The Bertz CT molecular complexity index is 823. The van der Waals surface area contributed by atoms with Gasteiger partial charge in [-0.05, 0) is 46.3 Å². The smallest absolute Gasteiger partial charge is 0.246 e. The normalized spacial score (nSPS) is 17.3. The van der Waals surface area contributed by atoms with Gasteiger partial charge in [0.25, 0.3) is 0 Å². The highest BCUT2D eigenvalue weighted by Gasteiger charge is 2.28. The van der Waals surface area contributed by atoms with Crippen molar-refractivity contribution in [1.29, 1.82) is 0 Å². The maximum Gasteiger partial charge on any atom is 0.246 e. The van der Waals surface area contributed by atoms with E-state index in [1.54, 1.807) is 24.5 Å². The minimum absolute atomic E-state index is 0.0312. The molecule has 1 saturated heterocycles. The van der Waals surface area contributed by atoms with E-state index in [1.165, 1.54) is 0 Å². The lowest BCUT2D eigenvalue weighted by Crippen LogP contribution is -2.38. The predicted octanol–water partition coefficient (Wildman–Crippen LogP) is 2.49. The van der Waals surface area contributed by atoms with Gasteiger partial charge in [-0.15, -0.1) is 0 Å². The molecule has 1 N–H and O–H groups in total. The summed E-state index contributed by atoms with van der Waals surface area (Å²) < 4.78 is 0. The minimum atomic E-state index is -0.0517. The van der Waals surface area contributed by atoms with Crippen LogP contribution >= 0.6 is 0 Å². The molecule has 8 heteroatoms. The van der Waals surface area contributed by atoms with Gasteiger partial charge in [0.15, 0.2) is 0 Å². The molecule has 2 aromatic rings. The number of likely N-dealkylation sites (tertiary alicyclic amines) is 1. The van der Waals surface area contributed by atoms with Gasteiger partial charge in [-0.2, -0.15) is 0 Å². The van der Waals surface area contributed by atoms with E-state index in [4.69, 9.17) is 0 Å². The van der Waals surface area contributed by atoms with Crippen LogP contribution < -0.4 is 5.32 Å². The summed E-state index contributed by atoms with van der Waals surface area (Å²) >= 11 is 0. The third kappa shape index (κ3) is 5.32. The maximum absolute atomic E-state index is 12.8. The summed E-state index contributed by atoms with van der Waals surface area (Å²) in [7, 11) is 3.96. The second-order valence-electron chi connectivity index (χ2n) is 7.13. The highest BCUT2D eigenvalue weighted by atomic mass is 16.2. The fourth-order valence-corrected chi connectivity index (χ4v) is 3.27. The highest BCUT2D eigenvalue weighted by molar-refractivity contribution is 5.88. The number of aryl methyl sites for hydroxylation is 1. The molecule has 0 aromatic carbocycles. The minimum Gasteiger partial charge on any atom is -0.331 e. The van der Waals surface area contributed by atoms with Crippen LogP contribution in [0.2, 0.25) is 0 Å². The summed E-state index contributed by atoms with van der Waals surface area (Å²) in [5.41, 5.74) is 0.847. The summed E-state index contributed by atoms with van der Waals surface area (Å²) in [6.07, 6.45) is 9.89. The number of nitrogens with zero attached hydrogens (tertiary/aromatic N) is 6. The first-order valence-electron chi connectivity index (χ1n) is 9.54. The first-order chi connectivity index (χ1) is 13.5. The lowest BCUT2D eigenvalue weighted by atomic mass is 9.98. The molecule has 1 fully saturated rings. The number of aromatic nitrogens is 4. The largest absolute Gasteiger partial charge is 0.331 e. The summed E-state index contributed by atoms with van der Waals surface area (Å²) in [5, 5.41) is 3.12. The number of piperidine rings is 1. The fourth-order valence-electron chi connectivity index (χ4n) is 3.27. The average Bonchev–Trinajstić information content (AvgIpc) is 2.68. The molecule has 1 aliphatic rings. The van der Waals surface area contributed by atoms with E-state index in [-0.39, 0.29) is 11.9 Å². The van der Waals surface area contributed by atoms with Gasteiger partial charge in [0.05, 0.1) is 11.7 Å². The molecule has 0 spiro atoms. The van der Waals surface area contributed by atoms with Crippen LogP contribution in [0.3, 0.4) is 0 Å². The molecule has 2 aromatic heterocycles. The lowest BCUT2D eigenvalue weighted by Gasteiger charge is -2.35. The monoisotopic (exact) mass is 381 g/mol. The van der Waals surface area contributed by atoms with Crippen molar-refractivity contribution >= 4 is 17.7 Å². The SMILES string of the molecule is Cc1nc(Nc2ncccn2)cc(C2CCCCN2C(=O)/C=C/CN(C)C)n1. The standard InChI is InChI=1S/C20H27N7O/c1-15-23-16(14-18(24-15)25-20-21-10-7-11-22-20)17-8-4-5-13-27(17)19(28)9-6-12-26(2)3/h6-7,9-11,14,17H,4-5,8,12-13H2,1-3H3,(H,21,22,23,24,25)/b9-6+. The van der Waals surface area contributed by atoms with Gasteiger partial charge >= 0.3 is 0 Å². The van der Waals surface area contributed by atoms with Crippen LogP contribution in [-0.2, 0) is 4.79 Å². The van der Waals surface area contributed by atoms with Crippen LogP contribution in [0.1, 0.15) is 36.8 Å². The first kappa shape index (κ1) is 19.9. The van der Waals surface area contributed by atoms with E-state index in [0.717, 1.165) is 38.0 Å². The van der Waals surface area contributed by atoms with E-state index in [0.29, 0.717) is 17.6 Å². The average molecular weight is 381 g/mol. The van der Waals surface area contributed by atoms with Crippen molar-refractivity contribution in [2.45, 2.75) is 32.2 Å². The Hall–Kier alpha value is -2.87. The Balaban J connectivity index is 1.81. The molecule has 148 valence electrons. The number of hydrogen-bond acceptors (Lipinski definition) is 7. The second-order valence-corrected chi connectivity index (χ2v) is 7.13. The van der Waals surface area contributed by atoms with Crippen LogP contribution in [0.5, 0.6) is 0 Å². The molecule has 0 saturated carbocycles. The predicted molar refractivity (Wildman–Crippen MR) is 108 cm³/mol. The van der Waals surface area contributed by atoms with Crippen molar-refractivity contribution in [3.8, 4) is 0 Å². The second kappa shape index (κ2) is 9.36. The van der Waals surface area contributed by atoms with E-state index < -0.39 is 0 Å². The first-order valence-corrected chi connectivity index (χ1v) is 9.54. The molecule has 1 aliphatic heterocycles. The van der Waals surface area contributed by atoms with Gasteiger partial charge in [0.1, 0.15) is 11.6 Å². The molecule has 3 rings (SSSR count). The van der Waals surface area contributed by atoms with Crippen molar-refractivity contribution in [2.24, 2.45) is 0 Å². The van der Waals surface area contributed by atoms with Gasteiger partial charge in [-0.1, -0.05) is 6.08 Å². The zero-order valence-electron chi connectivity index (χ0n) is 16.7. The number of hydrogen-bond donors (Lipinski definition) is 1. The Morgan fingerprint density at radius 1 is 1.29 bits per heavy atom. The van der Waals surface area contributed by atoms with Crippen LogP contribution in [0.15, 0.2) is 36.7 Å². The summed E-state index contributed by atoms with van der Waals surface area (Å²) in [5.74, 6) is 1.80. The van der Waals surface area contributed by atoms with Crippen molar-refractivity contribution in [2.75, 3.05) is 32.5 Å². The van der Waals surface area contributed by atoms with E-state index in [9.17, 15) is 4.79 Å². The molecule has 0 radical (unpaired) electrons. The molecular weight excluding hydrogens is 354 g/mol. The number of rotatable bonds is 6. The summed E-state index contributed by atoms with van der Waals surface area (Å²) in [4.78, 5) is 34.1. The lowest BCUT2D eigenvalue weighted by molar-refractivity contribution is -0.129. The molecular formula is C20H27N7O. The third-order valence-electron chi connectivity index (χ3n) is 4.52. The highest BCUT2D eigenvalue weighted by Crippen LogP contribution is 2.31. The quantitative estimate of drug-likeness (QED) is 0.769. The fraction of sp³-hybridized carbons (Fsp3) is 0.450. The van der Waals surface area contributed by atoms with Gasteiger partial charge in [0.2, 0.25) is 11.9 Å². The molecule has 1 unspecified atom stereocenters. The molecule has 1 atom stereocenters. The van der Waals surface area contributed by atoms with E-state index >= 15 is 0 Å². The van der Waals surface area contributed by atoms with Crippen molar-refractivity contribution in [3.05, 3.63) is 48.2 Å². The number of carbonyl (C=O) groups excluding carboxylic acids is 1. The molecule has 3 heterocycles. The molecule has 0 aliphatic carbocycles. The maximum atomic E-state index is 12.8. The van der Waals surface area contributed by atoms with E-state index in [1.807, 2.05) is 43.0 Å². The number of carbonyl (C=O) groups is 1. The van der Waals surface area contributed by atoms with Gasteiger partial charge in [0, 0.05) is 37.6 Å². The Morgan fingerprint density at radius 2 is 2.07 bits per heavy atom. The van der Waals surface area contributed by atoms with Crippen molar-refractivity contribution in [1.82, 2.24) is 29.7 Å². The number of anilines is 2. The zero-order valence-corrected chi connectivity index (χ0v) is 16.7. The van der Waals surface area contributed by atoms with Gasteiger partial charge in [-0.25, -0.2) is 19.9 Å². The molecule has 8 nitrogen and oxygen atoms in total. The van der Waals surface area contributed by atoms with E-state index in [2.05, 4.69) is 25.3 Å². The Morgan fingerprint density at radius 3 is 2.82 bits per heavy atom. The number of amides is 1. The summed E-state index contributed by atoms with van der Waals surface area (Å²) in [6.45, 7) is 3.33. The van der Waals surface area contributed by atoms with Crippen LogP contribution in [0.4, 0.5) is 11.8 Å². The van der Waals surface area contributed by atoms with Crippen LogP contribution in [0.25, 0.3) is 0 Å². The Labute approximate surface area is 165 Å². The topological polar surface area (TPSA) is 87.1 Å². The number of likely N-dealkylation sites (N-methyl/N-ethyl adjacent to an activating group) is 1. The molecule has 28 heavy (non-hydrogen) atoms. The third-order valence-corrected chi connectivity index (χ3v) is 4.52. The zero-order chi connectivity index (χ0) is 19.9. The van der Waals surface area contributed by atoms with Gasteiger partial charge < -0.3 is 15.1 Å².